The SMILES string of the molecule is CCCCC(CC)CC(=O)Cc1cc(C)cc(C)c1. The standard InChI is InChI=1S/C18H28O/c1-5-7-8-16(6-2)12-18(19)13-17-10-14(3)9-15(4)11-17/h9-11,16H,5-8,12-13H2,1-4H3. The number of rotatable bonds is 8. The van der Waals surface area contributed by atoms with Crippen molar-refractivity contribution in [3.63, 3.8) is 0 Å². The molecule has 0 saturated carbocycles. The summed E-state index contributed by atoms with van der Waals surface area (Å²) in [6, 6.07) is 6.43. The van der Waals surface area contributed by atoms with Gasteiger partial charge in [-0.05, 0) is 25.3 Å². The molecule has 1 rings (SSSR count). The first-order valence-electron chi connectivity index (χ1n) is 7.64. The number of unbranched alkanes of at least 4 members (excludes halogenated alkanes) is 1. The first-order chi connectivity index (χ1) is 9.05. The lowest BCUT2D eigenvalue weighted by molar-refractivity contribution is -0.119. The van der Waals surface area contributed by atoms with Crippen LogP contribution in [0.5, 0.6) is 0 Å². The number of ketones is 1. The molecule has 0 amide bonds. The first-order valence-corrected chi connectivity index (χ1v) is 7.64. The molecular weight excluding hydrogens is 232 g/mol. The van der Waals surface area contributed by atoms with Crippen LogP contribution in [0.1, 0.15) is 62.6 Å². The van der Waals surface area contributed by atoms with Crippen molar-refractivity contribution >= 4 is 5.78 Å². The number of hydrogen-bond acceptors (Lipinski definition) is 1. The summed E-state index contributed by atoms with van der Waals surface area (Å²) in [5, 5.41) is 0. The minimum atomic E-state index is 0.396. The van der Waals surface area contributed by atoms with Crippen molar-refractivity contribution < 1.29 is 4.79 Å². The second-order valence-corrected chi connectivity index (χ2v) is 5.83. The molecule has 0 saturated heterocycles. The minimum Gasteiger partial charge on any atom is -0.299 e. The van der Waals surface area contributed by atoms with E-state index in [1.807, 2.05) is 0 Å². The molecule has 0 bridgehead atoms. The lowest BCUT2D eigenvalue weighted by Gasteiger charge is -2.13. The van der Waals surface area contributed by atoms with Crippen molar-refractivity contribution in [2.45, 2.75) is 66.2 Å². The molecule has 0 fully saturated rings. The van der Waals surface area contributed by atoms with Gasteiger partial charge in [-0.2, -0.15) is 0 Å². The van der Waals surface area contributed by atoms with Gasteiger partial charge in [0, 0.05) is 12.8 Å². The predicted octanol–water partition coefficient (Wildman–Crippen LogP) is 5.02. The molecule has 0 radical (unpaired) electrons. The van der Waals surface area contributed by atoms with Gasteiger partial charge in [-0.1, -0.05) is 68.9 Å². The molecule has 1 aromatic carbocycles. The summed E-state index contributed by atoms with van der Waals surface area (Å²) in [6.45, 7) is 8.60. The first kappa shape index (κ1) is 15.9. The van der Waals surface area contributed by atoms with Crippen LogP contribution in [-0.2, 0) is 11.2 Å². The lowest BCUT2D eigenvalue weighted by atomic mass is 9.91. The maximum absolute atomic E-state index is 12.2. The topological polar surface area (TPSA) is 17.1 Å². The van der Waals surface area contributed by atoms with Gasteiger partial charge < -0.3 is 0 Å². The molecule has 0 aliphatic heterocycles. The Morgan fingerprint density at radius 3 is 2.26 bits per heavy atom. The van der Waals surface area contributed by atoms with Crippen LogP contribution in [0, 0.1) is 19.8 Å². The van der Waals surface area contributed by atoms with Gasteiger partial charge in [0.05, 0.1) is 0 Å². The van der Waals surface area contributed by atoms with Crippen LogP contribution in [-0.4, -0.2) is 5.78 Å². The molecule has 0 heterocycles. The van der Waals surface area contributed by atoms with Crippen LogP contribution >= 0.6 is 0 Å². The van der Waals surface area contributed by atoms with Crippen LogP contribution in [0.25, 0.3) is 0 Å². The van der Waals surface area contributed by atoms with E-state index < -0.39 is 0 Å². The fraction of sp³-hybridized carbons (Fsp3) is 0.611. The third-order valence-corrected chi connectivity index (χ3v) is 3.74. The van der Waals surface area contributed by atoms with E-state index in [0.29, 0.717) is 18.1 Å². The maximum atomic E-state index is 12.2. The number of hydrogen-bond donors (Lipinski definition) is 0. The molecule has 106 valence electrons. The number of carbonyl (C=O) groups excluding carboxylic acids is 1. The Morgan fingerprint density at radius 1 is 1.11 bits per heavy atom. The third-order valence-electron chi connectivity index (χ3n) is 3.74. The summed E-state index contributed by atoms with van der Waals surface area (Å²) in [6.07, 6.45) is 6.15. The highest BCUT2D eigenvalue weighted by atomic mass is 16.1. The molecule has 1 aromatic rings. The van der Waals surface area contributed by atoms with Crippen molar-refractivity contribution in [1.29, 1.82) is 0 Å². The Morgan fingerprint density at radius 2 is 1.74 bits per heavy atom. The quantitative estimate of drug-likeness (QED) is 0.641. The molecule has 0 spiro atoms. The van der Waals surface area contributed by atoms with E-state index in [2.05, 4.69) is 45.9 Å². The Hall–Kier alpha value is -1.11. The smallest absolute Gasteiger partial charge is 0.137 e. The minimum absolute atomic E-state index is 0.396. The highest BCUT2D eigenvalue weighted by Gasteiger charge is 2.12. The molecule has 0 aliphatic rings. The molecule has 1 heteroatoms. The Labute approximate surface area is 118 Å². The predicted molar refractivity (Wildman–Crippen MR) is 82.6 cm³/mol. The van der Waals surface area contributed by atoms with Crippen LogP contribution in [0.4, 0.5) is 0 Å². The van der Waals surface area contributed by atoms with Gasteiger partial charge >= 0.3 is 0 Å². The van der Waals surface area contributed by atoms with Crippen molar-refractivity contribution in [2.24, 2.45) is 5.92 Å². The second-order valence-electron chi connectivity index (χ2n) is 5.83. The summed E-state index contributed by atoms with van der Waals surface area (Å²) in [7, 11) is 0. The molecule has 0 aliphatic carbocycles. The maximum Gasteiger partial charge on any atom is 0.137 e. The number of Topliss-reactive ketones (excluding diaryl/α,β-unsaturated/α-hetero) is 1. The van der Waals surface area contributed by atoms with Crippen molar-refractivity contribution in [1.82, 2.24) is 0 Å². The van der Waals surface area contributed by atoms with Crippen molar-refractivity contribution in [2.75, 3.05) is 0 Å². The van der Waals surface area contributed by atoms with E-state index in [4.69, 9.17) is 0 Å². The fourth-order valence-electron chi connectivity index (χ4n) is 2.74. The summed E-state index contributed by atoms with van der Waals surface area (Å²) < 4.78 is 0. The largest absolute Gasteiger partial charge is 0.299 e. The lowest BCUT2D eigenvalue weighted by Crippen LogP contribution is -2.10. The van der Waals surface area contributed by atoms with E-state index in [-0.39, 0.29) is 0 Å². The molecule has 1 unspecified atom stereocenters. The van der Waals surface area contributed by atoms with Gasteiger partial charge in [0.1, 0.15) is 5.78 Å². The molecular formula is C18H28O. The fourth-order valence-corrected chi connectivity index (χ4v) is 2.74. The van der Waals surface area contributed by atoms with Gasteiger partial charge in [0.25, 0.3) is 0 Å². The number of aryl methyl sites for hydroxylation is 2. The Bertz CT molecular complexity index is 386. The van der Waals surface area contributed by atoms with E-state index >= 15 is 0 Å². The van der Waals surface area contributed by atoms with E-state index in [1.54, 1.807) is 0 Å². The van der Waals surface area contributed by atoms with Crippen LogP contribution < -0.4 is 0 Å². The van der Waals surface area contributed by atoms with Crippen molar-refractivity contribution in [3.05, 3.63) is 34.9 Å². The van der Waals surface area contributed by atoms with E-state index in [1.165, 1.54) is 36.0 Å². The normalized spacial score (nSPS) is 12.4. The zero-order valence-electron chi connectivity index (χ0n) is 13.0. The average Bonchev–Trinajstić information content (AvgIpc) is 2.33. The summed E-state index contributed by atoms with van der Waals surface area (Å²) in [5.41, 5.74) is 3.68. The summed E-state index contributed by atoms with van der Waals surface area (Å²) in [5.74, 6) is 0.978. The Balaban J connectivity index is 2.53. The zero-order chi connectivity index (χ0) is 14.3. The van der Waals surface area contributed by atoms with E-state index in [9.17, 15) is 4.79 Å². The summed E-state index contributed by atoms with van der Waals surface area (Å²) in [4.78, 5) is 12.2. The second kappa shape index (κ2) is 8.14. The van der Waals surface area contributed by atoms with Gasteiger partial charge in [-0.15, -0.1) is 0 Å². The zero-order valence-corrected chi connectivity index (χ0v) is 13.0. The van der Waals surface area contributed by atoms with Crippen LogP contribution in [0.2, 0.25) is 0 Å². The molecule has 1 nitrogen and oxygen atoms in total. The highest BCUT2D eigenvalue weighted by molar-refractivity contribution is 5.81. The number of carbonyl (C=O) groups is 1. The summed E-state index contributed by atoms with van der Waals surface area (Å²) >= 11 is 0. The highest BCUT2D eigenvalue weighted by Crippen LogP contribution is 2.18. The molecule has 19 heavy (non-hydrogen) atoms. The molecule has 0 N–H and O–H groups in total. The number of benzene rings is 1. The molecule has 1 atom stereocenters. The van der Waals surface area contributed by atoms with Gasteiger partial charge in [-0.3, -0.25) is 4.79 Å². The van der Waals surface area contributed by atoms with Gasteiger partial charge in [-0.25, -0.2) is 0 Å². The molecule has 0 aromatic heterocycles. The van der Waals surface area contributed by atoms with Gasteiger partial charge in [0.2, 0.25) is 0 Å². The monoisotopic (exact) mass is 260 g/mol. The van der Waals surface area contributed by atoms with Gasteiger partial charge in [0.15, 0.2) is 0 Å². The van der Waals surface area contributed by atoms with Crippen molar-refractivity contribution in [3.8, 4) is 0 Å². The third kappa shape index (κ3) is 6.04. The van der Waals surface area contributed by atoms with Crippen LogP contribution in [0.15, 0.2) is 18.2 Å². The average molecular weight is 260 g/mol. The van der Waals surface area contributed by atoms with E-state index in [0.717, 1.165) is 12.8 Å². The van der Waals surface area contributed by atoms with Crippen LogP contribution in [0.3, 0.4) is 0 Å². The Kier molecular flexibility index (Phi) is 6.83.